The second-order valence-corrected chi connectivity index (χ2v) is 4.25. The van der Waals surface area contributed by atoms with E-state index >= 15 is 0 Å². The topological polar surface area (TPSA) is 20.2 Å². The van der Waals surface area contributed by atoms with Gasteiger partial charge < -0.3 is 5.11 Å². The van der Waals surface area contributed by atoms with E-state index in [-0.39, 0.29) is 6.10 Å². The van der Waals surface area contributed by atoms with Crippen LogP contribution in [-0.2, 0) is 0 Å². The Balaban J connectivity index is 3.39. The minimum Gasteiger partial charge on any atom is -0.393 e. The number of aliphatic hydroxyl groups is 1. The molecule has 0 fully saturated rings. The highest BCUT2D eigenvalue weighted by Crippen LogP contribution is 2.16. The zero-order valence-electron chi connectivity index (χ0n) is 9.34. The second kappa shape index (κ2) is 7.14. The molecule has 0 heterocycles. The third-order valence-electron chi connectivity index (χ3n) is 2.45. The monoisotopic (exact) mass is 184 g/mol. The highest BCUT2D eigenvalue weighted by atomic mass is 16.3. The molecule has 1 nitrogen and oxygen atoms in total. The Morgan fingerprint density at radius 1 is 1.46 bits per heavy atom. The van der Waals surface area contributed by atoms with E-state index in [0.29, 0.717) is 5.92 Å². The van der Waals surface area contributed by atoms with Crippen LogP contribution in [0.4, 0.5) is 0 Å². The Hall–Kier alpha value is -0.300. The van der Waals surface area contributed by atoms with Crippen molar-refractivity contribution < 1.29 is 5.11 Å². The molecule has 0 aromatic rings. The van der Waals surface area contributed by atoms with Crippen LogP contribution in [0.2, 0.25) is 0 Å². The lowest BCUT2D eigenvalue weighted by molar-refractivity contribution is 0.139. The van der Waals surface area contributed by atoms with Crippen LogP contribution < -0.4 is 0 Å². The van der Waals surface area contributed by atoms with Crippen molar-refractivity contribution >= 4 is 0 Å². The molecule has 0 radical (unpaired) electrons. The Kier molecular flexibility index (Phi) is 6.97. The lowest BCUT2D eigenvalue weighted by atomic mass is 9.95. The number of hydrogen-bond acceptors (Lipinski definition) is 1. The minimum atomic E-state index is -0.0974. The maximum atomic E-state index is 9.42. The first kappa shape index (κ1) is 12.7. The van der Waals surface area contributed by atoms with Gasteiger partial charge in [-0.05, 0) is 38.5 Å². The molecule has 0 aliphatic carbocycles. The fraction of sp³-hybridized carbons (Fsp3) is 0.833. The van der Waals surface area contributed by atoms with Crippen LogP contribution in [-0.4, -0.2) is 11.2 Å². The Morgan fingerprint density at radius 2 is 2.08 bits per heavy atom. The van der Waals surface area contributed by atoms with Crippen LogP contribution in [0.1, 0.15) is 52.9 Å². The first-order valence-corrected chi connectivity index (χ1v) is 5.38. The predicted octanol–water partition coefficient (Wildman–Crippen LogP) is 3.53. The standard InChI is InChI=1S/C12H24O/c1-5-12(13)9-11(4)8-6-7-10(2)3/h11-13H,2,5-9H2,1,3-4H3/t11-,12-/m0/s1. The summed E-state index contributed by atoms with van der Waals surface area (Å²) in [6, 6.07) is 0. The normalized spacial score (nSPS) is 15.4. The van der Waals surface area contributed by atoms with E-state index in [0.717, 1.165) is 19.3 Å². The lowest BCUT2D eigenvalue weighted by Crippen LogP contribution is -2.10. The molecular weight excluding hydrogens is 160 g/mol. The van der Waals surface area contributed by atoms with Gasteiger partial charge in [-0.3, -0.25) is 0 Å². The molecule has 0 aliphatic heterocycles. The average Bonchev–Trinajstić information content (AvgIpc) is 2.03. The van der Waals surface area contributed by atoms with Crippen molar-refractivity contribution in [1.29, 1.82) is 0 Å². The maximum absolute atomic E-state index is 9.42. The molecule has 2 atom stereocenters. The highest BCUT2D eigenvalue weighted by molar-refractivity contribution is 4.87. The number of allylic oxidation sites excluding steroid dienone is 1. The molecule has 0 aliphatic rings. The third-order valence-corrected chi connectivity index (χ3v) is 2.45. The second-order valence-electron chi connectivity index (χ2n) is 4.25. The van der Waals surface area contributed by atoms with Crippen LogP contribution in [0.3, 0.4) is 0 Å². The van der Waals surface area contributed by atoms with Gasteiger partial charge in [0.25, 0.3) is 0 Å². The lowest BCUT2D eigenvalue weighted by Gasteiger charge is -2.14. The number of rotatable bonds is 7. The summed E-state index contributed by atoms with van der Waals surface area (Å²) in [5, 5.41) is 9.42. The largest absolute Gasteiger partial charge is 0.393 e. The molecule has 0 aromatic heterocycles. The zero-order valence-corrected chi connectivity index (χ0v) is 9.34. The van der Waals surface area contributed by atoms with Crippen molar-refractivity contribution in [3.63, 3.8) is 0 Å². The van der Waals surface area contributed by atoms with Gasteiger partial charge in [0.1, 0.15) is 0 Å². The summed E-state index contributed by atoms with van der Waals surface area (Å²) in [5.41, 5.74) is 1.27. The molecule has 0 spiro atoms. The summed E-state index contributed by atoms with van der Waals surface area (Å²) in [6.07, 6.45) is 5.29. The molecule has 0 rings (SSSR count). The van der Waals surface area contributed by atoms with Gasteiger partial charge >= 0.3 is 0 Å². The van der Waals surface area contributed by atoms with Crippen molar-refractivity contribution in [2.75, 3.05) is 0 Å². The molecule has 13 heavy (non-hydrogen) atoms. The summed E-state index contributed by atoms with van der Waals surface area (Å²) in [5.74, 6) is 0.647. The average molecular weight is 184 g/mol. The molecule has 1 N–H and O–H groups in total. The molecular formula is C12H24O. The van der Waals surface area contributed by atoms with Crippen LogP contribution in [0.25, 0.3) is 0 Å². The van der Waals surface area contributed by atoms with Gasteiger partial charge in [-0.15, -0.1) is 6.58 Å². The molecule has 0 amide bonds. The van der Waals surface area contributed by atoms with Crippen molar-refractivity contribution in [1.82, 2.24) is 0 Å². The Labute approximate surface area is 82.9 Å². The molecule has 0 bridgehead atoms. The summed E-state index contributed by atoms with van der Waals surface area (Å²) in [6.45, 7) is 10.2. The number of aliphatic hydroxyl groups excluding tert-OH is 1. The van der Waals surface area contributed by atoms with E-state index in [4.69, 9.17) is 0 Å². The molecule has 78 valence electrons. The van der Waals surface area contributed by atoms with Crippen LogP contribution in [0.5, 0.6) is 0 Å². The van der Waals surface area contributed by atoms with Gasteiger partial charge in [0.2, 0.25) is 0 Å². The zero-order chi connectivity index (χ0) is 10.3. The first-order valence-electron chi connectivity index (χ1n) is 5.38. The molecule has 1 heteroatoms. The predicted molar refractivity (Wildman–Crippen MR) is 58.7 cm³/mol. The van der Waals surface area contributed by atoms with Gasteiger partial charge in [0.05, 0.1) is 6.10 Å². The van der Waals surface area contributed by atoms with E-state index in [1.54, 1.807) is 0 Å². The van der Waals surface area contributed by atoms with Crippen molar-refractivity contribution in [2.45, 2.75) is 59.0 Å². The van der Waals surface area contributed by atoms with Crippen LogP contribution >= 0.6 is 0 Å². The third kappa shape index (κ3) is 8.04. The van der Waals surface area contributed by atoms with Gasteiger partial charge in [0, 0.05) is 0 Å². The summed E-state index contributed by atoms with van der Waals surface area (Å²) >= 11 is 0. The van der Waals surface area contributed by atoms with E-state index in [1.165, 1.54) is 18.4 Å². The number of hydrogen-bond donors (Lipinski definition) is 1. The van der Waals surface area contributed by atoms with Crippen molar-refractivity contribution in [3.8, 4) is 0 Å². The summed E-state index contributed by atoms with van der Waals surface area (Å²) in [4.78, 5) is 0. The SMILES string of the molecule is C=C(C)CCC[C@H](C)C[C@@H](O)CC. The van der Waals surface area contributed by atoms with Gasteiger partial charge in [-0.25, -0.2) is 0 Å². The molecule has 0 unspecified atom stereocenters. The fourth-order valence-electron chi connectivity index (χ4n) is 1.50. The van der Waals surface area contributed by atoms with Gasteiger partial charge in [0.15, 0.2) is 0 Å². The smallest absolute Gasteiger partial charge is 0.0540 e. The van der Waals surface area contributed by atoms with Crippen LogP contribution in [0, 0.1) is 5.92 Å². The quantitative estimate of drug-likeness (QED) is 0.600. The van der Waals surface area contributed by atoms with Crippen molar-refractivity contribution in [2.24, 2.45) is 5.92 Å². The van der Waals surface area contributed by atoms with Gasteiger partial charge in [-0.2, -0.15) is 0 Å². The minimum absolute atomic E-state index is 0.0974. The van der Waals surface area contributed by atoms with E-state index in [2.05, 4.69) is 20.4 Å². The Bertz CT molecular complexity index is 140. The summed E-state index contributed by atoms with van der Waals surface area (Å²) < 4.78 is 0. The molecule has 0 saturated heterocycles. The summed E-state index contributed by atoms with van der Waals surface area (Å²) in [7, 11) is 0. The van der Waals surface area contributed by atoms with Crippen molar-refractivity contribution in [3.05, 3.63) is 12.2 Å². The highest BCUT2D eigenvalue weighted by Gasteiger charge is 2.07. The Morgan fingerprint density at radius 3 is 2.54 bits per heavy atom. The van der Waals surface area contributed by atoms with E-state index in [1.807, 2.05) is 6.92 Å². The van der Waals surface area contributed by atoms with E-state index < -0.39 is 0 Å². The van der Waals surface area contributed by atoms with Crippen LogP contribution in [0.15, 0.2) is 12.2 Å². The molecule has 0 aromatic carbocycles. The first-order chi connectivity index (χ1) is 6.06. The van der Waals surface area contributed by atoms with E-state index in [9.17, 15) is 5.11 Å². The fourth-order valence-corrected chi connectivity index (χ4v) is 1.50. The maximum Gasteiger partial charge on any atom is 0.0540 e. The van der Waals surface area contributed by atoms with Gasteiger partial charge in [-0.1, -0.05) is 25.8 Å². The molecule has 0 saturated carbocycles.